The molecule has 0 bridgehead atoms. The highest BCUT2D eigenvalue weighted by Gasteiger charge is 2.18. The first-order valence-corrected chi connectivity index (χ1v) is 7.99. The van der Waals surface area contributed by atoms with Crippen molar-refractivity contribution in [3.63, 3.8) is 0 Å². The summed E-state index contributed by atoms with van der Waals surface area (Å²) in [6.45, 7) is 6.56. The van der Waals surface area contributed by atoms with Crippen LogP contribution in [0.4, 0.5) is 0 Å². The molecule has 0 aliphatic heterocycles. The van der Waals surface area contributed by atoms with Gasteiger partial charge in [0.05, 0.1) is 0 Å². The highest BCUT2D eigenvalue weighted by atomic mass is 32.1. The van der Waals surface area contributed by atoms with E-state index < -0.39 is 0 Å². The first-order valence-electron chi connectivity index (χ1n) is 7.54. The van der Waals surface area contributed by atoms with Gasteiger partial charge in [0.2, 0.25) is 0 Å². The summed E-state index contributed by atoms with van der Waals surface area (Å²) in [5, 5.41) is 0. The molecule has 0 nitrogen and oxygen atoms in total. The molecular weight excluding hydrogens is 284 g/mol. The van der Waals surface area contributed by atoms with Crippen LogP contribution in [0.1, 0.15) is 16.7 Å². The first kappa shape index (κ1) is 14.9. The van der Waals surface area contributed by atoms with Crippen molar-refractivity contribution in [3.8, 4) is 22.3 Å². The van der Waals surface area contributed by atoms with E-state index in [-0.39, 0.29) is 0 Å². The topological polar surface area (TPSA) is 0 Å². The summed E-state index contributed by atoms with van der Waals surface area (Å²) in [7, 11) is 0. The SMILES string of the molecule is Cc1c(C)c(S)c(-c2ccccc2)c(-c2ccccc2)c1C. The minimum Gasteiger partial charge on any atom is -0.142 e. The molecule has 3 aromatic carbocycles. The molecule has 3 rings (SSSR count). The largest absolute Gasteiger partial charge is 0.142 e. The van der Waals surface area contributed by atoms with Gasteiger partial charge in [0.25, 0.3) is 0 Å². The van der Waals surface area contributed by atoms with Gasteiger partial charge in [0.1, 0.15) is 0 Å². The van der Waals surface area contributed by atoms with Crippen molar-refractivity contribution in [2.75, 3.05) is 0 Å². The van der Waals surface area contributed by atoms with Crippen LogP contribution in [0.2, 0.25) is 0 Å². The van der Waals surface area contributed by atoms with Crippen molar-refractivity contribution in [1.82, 2.24) is 0 Å². The molecule has 0 heterocycles. The highest BCUT2D eigenvalue weighted by Crippen LogP contribution is 2.42. The van der Waals surface area contributed by atoms with Gasteiger partial charge < -0.3 is 0 Å². The highest BCUT2D eigenvalue weighted by molar-refractivity contribution is 7.80. The molecule has 0 aliphatic rings. The maximum absolute atomic E-state index is 4.86. The zero-order chi connectivity index (χ0) is 15.7. The van der Waals surface area contributed by atoms with Gasteiger partial charge in [-0.25, -0.2) is 0 Å². The third-order valence-corrected chi connectivity index (χ3v) is 5.03. The van der Waals surface area contributed by atoms with Crippen LogP contribution in [-0.4, -0.2) is 0 Å². The summed E-state index contributed by atoms with van der Waals surface area (Å²) in [6.07, 6.45) is 0. The van der Waals surface area contributed by atoms with Crippen molar-refractivity contribution in [3.05, 3.63) is 77.4 Å². The van der Waals surface area contributed by atoms with Crippen molar-refractivity contribution >= 4 is 12.6 Å². The smallest absolute Gasteiger partial charge is 0.0157 e. The molecule has 0 amide bonds. The lowest BCUT2D eigenvalue weighted by Gasteiger charge is -2.21. The summed E-state index contributed by atoms with van der Waals surface area (Å²) >= 11 is 4.86. The Kier molecular flexibility index (Phi) is 4.08. The van der Waals surface area contributed by atoms with Crippen LogP contribution < -0.4 is 0 Å². The molecule has 1 heteroatoms. The molecule has 0 unspecified atom stereocenters. The molecule has 110 valence electrons. The van der Waals surface area contributed by atoms with Crippen molar-refractivity contribution in [2.24, 2.45) is 0 Å². The second kappa shape index (κ2) is 6.02. The normalized spacial score (nSPS) is 10.7. The third-order valence-electron chi connectivity index (χ3n) is 4.47. The Labute approximate surface area is 138 Å². The third kappa shape index (κ3) is 2.46. The van der Waals surface area contributed by atoms with Crippen LogP contribution in [0, 0.1) is 20.8 Å². The number of thiol groups is 1. The summed E-state index contributed by atoms with van der Waals surface area (Å²) in [5.74, 6) is 0. The Balaban J connectivity index is 2.42. The van der Waals surface area contributed by atoms with Gasteiger partial charge >= 0.3 is 0 Å². The van der Waals surface area contributed by atoms with Gasteiger partial charge in [-0.2, -0.15) is 0 Å². The molecule has 0 aliphatic carbocycles. The van der Waals surface area contributed by atoms with E-state index in [0.717, 1.165) is 4.90 Å². The lowest BCUT2D eigenvalue weighted by atomic mass is 9.86. The Hall–Kier alpha value is -1.99. The molecular formula is C21H20S. The van der Waals surface area contributed by atoms with E-state index in [1.54, 1.807) is 0 Å². The summed E-state index contributed by atoms with van der Waals surface area (Å²) in [4.78, 5) is 1.08. The summed E-state index contributed by atoms with van der Waals surface area (Å²) in [5.41, 5.74) is 8.91. The van der Waals surface area contributed by atoms with Gasteiger partial charge in [-0.3, -0.25) is 0 Å². The second-order valence-corrected chi connectivity index (χ2v) is 6.15. The molecule has 0 aromatic heterocycles. The Morgan fingerprint density at radius 3 is 1.50 bits per heavy atom. The number of hydrogen-bond donors (Lipinski definition) is 1. The van der Waals surface area contributed by atoms with Gasteiger partial charge in [-0.15, -0.1) is 12.6 Å². The minimum absolute atomic E-state index is 1.08. The van der Waals surface area contributed by atoms with Crippen LogP contribution >= 0.6 is 12.6 Å². The van der Waals surface area contributed by atoms with Gasteiger partial charge in [0, 0.05) is 10.5 Å². The fraction of sp³-hybridized carbons (Fsp3) is 0.143. The fourth-order valence-corrected chi connectivity index (χ4v) is 3.40. The Bertz CT molecular complexity index is 732. The van der Waals surface area contributed by atoms with E-state index in [9.17, 15) is 0 Å². The van der Waals surface area contributed by atoms with E-state index >= 15 is 0 Å². The predicted octanol–water partition coefficient (Wildman–Crippen LogP) is 6.23. The Morgan fingerprint density at radius 2 is 1.00 bits per heavy atom. The molecule has 0 saturated heterocycles. The fourth-order valence-electron chi connectivity index (χ4n) is 2.99. The van der Waals surface area contributed by atoms with Gasteiger partial charge in [-0.05, 0) is 54.2 Å². The zero-order valence-corrected chi connectivity index (χ0v) is 14.1. The molecule has 22 heavy (non-hydrogen) atoms. The van der Waals surface area contributed by atoms with E-state index in [1.807, 2.05) is 0 Å². The summed E-state index contributed by atoms with van der Waals surface area (Å²) < 4.78 is 0. The van der Waals surface area contributed by atoms with Gasteiger partial charge in [-0.1, -0.05) is 60.7 Å². The number of rotatable bonds is 2. The lowest BCUT2D eigenvalue weighted by molar-refractivity contribution is 1.19. The van der Waals surface area contributed by atoms with Crippen molar-refractivity contribution < 1.29 is 0 Å². The van der Waals surface area contributed by atoms with Crippen LogP contribution in [-0.2, 0) is 0 Å². The molecule has 0 radical (unpaired) electrons. The summed E-state index contributed by atoms with van der Waals surface area (Å²) in [6, 6.07) is 21.2. The maximum Gasteiger partial charge on any atom is 0.0157 e. The first-order chi connectivity index (χ1) is 10.6. The van der Waals surface area contributed by atoms with Crippen molar-refractivity contribution in [1.29, 1.82) is 0 Å². The van der Waals surface area contributed by atoms with Crippen LogP contribution in [0.3, 0.4) is 0 Å². The lowest BCUT2D eigenvalue weighted by Crippen LogP contribution is -1.98. The quantitative estimate of drug-likeness (QED) is 0.533. The van der Waals surface area contributed by atoms with Crippen LogP contribution in [0.25, 0.3) is 22.3 Å². The standard InChI is InChI=1S/C21H20S/c1-14-15(2)19(17-10-6-4-7-11-17)20(21(22)16(14)3)18-12-8-5-9-13-18/h4-13,22H,1-3H3. The average Bonchev–Trinajstić information content (AvgIpc) is 2.57. The minimum atomic E-state index is 1.08. The molecule has 3 aromatic rings. The van der Waals surface area contributed by atoms with E-state index in [1.165, 1.54) is 38.9 Å². The second-order valence-electron chi connectivity index (χ2n) is 5.71. The van der Waals surface area contributed by atoms with E-state index in [4.69, 9.17) is 12.6 Å². The van der Waals surface area contributed by atoms with Crippen LogP contribution in [0.15, 0.2) is 65.6 Å². The van der Waals surface area contributed by atoms with Crippen molar-refractivity contribution in [2.45, 2.75) is 25.7 Å². The molecule has 0 spiro atoms. The Morgan fingerprint density at radius 1 is 0.545 bits per heavy atom. The molecule has 0 fully saturated rings. The van der Waals surface area contributed by atoms with Crippen LogP contribution in [0.5, 0.6) is 0 Å². The predicted molar refractivity (Wildman–Crippen MR) is 98.8 cm³/mol. The average molecular weight is 304 g/mol. The number of hydrogen-bond acceptors (Lipinski definition) is 1. The molecule has 0 atom stereocenters. The van der Waals surface area contributed by atoms with Gasteiger partial charge in [0.15, 0.2) is 0 Å². The molecule has 0 saturated carbocycles. The number of benzene rings is 3. The molecule has 0 N–H and O–H groups in total. The maximum atomic E-state index is 4.86. The monoisotopic (exact) mass is 304 g/mol. The van der Waals surface area contributed by atoms with E-state index in [2.05, 4.69) is 81.4 Å². The zero-order valence-electron chi connectivity index (χ0n) is 13.2. The van der Waals surface area contributed by atoms with E-state index in [0.29, 0.717) is 0 Å².